The summed E-state index contributed by atoms with van der Waals surface area (Å²) in [4.78, 5) is 21.0. The standard InChI is InChI=1S/C30H37FN4O7S/c1-19(2)28-26(29(21-8-10-22(31)11-9-21)33-30(32-28)35(3)43(5,39)40)15-12-23(36)16-25(17-27(37)34-38)42-18-20-6-13-24(41-4)14-7-20/h6-15,19,23,25,36,38H,16-18H2,1-5H3,(H,34,37)/b15-12+/t23-,25-/m1/s1. The summed E-state index contributed by atoms with van der Waals surface area (Å²) in [5, 5.41) is 20.0. The highest BCUT2D eigenvalue weighted by Gasteiger charge is 2.23. The molecule has 3 rings (SSSR count). The van der Waals surface area contributed by atoms with Gasteiger partial charge in [-0.25, -0.2) is 32.6 Å². The minimum absolute atomic E-state index is 0.0126. The fourth-order valence-electron chi connectivity index (χ4n) is 4.15. The van der Waals surface area contributed by atoms with Crippen LogP contribution >= 0.6 is 0 Å². The van der Waals surface area contributed by atoms with Crippen molar-refractivity contribution >= 4 is 28.0 Å². The van der Waals surface area contributed by atoms with Crippen LogP contribution in [0.1, 0.15) is 49.4 Å². The molecular weight excluding hydrogens is 579 g/mol. The molecule has 13 heteroatoms. The Balaban J connectivity index is 1.94. The zero-order valence-electron chi connectivity index (χ0n) is 24.7. The predicted octanol–water partition coefficient (Wildman–Crippen LogP) is 4.06. The zero-order chi connectivity index (χ0) is 31.7. The van der Waals surface area contributed by atoms with Gasteiger partial charge in [0.05, 0.1) is 50.0 Å². The second kappa shape index (κ2) is 15.0. The number of ether oxygens (including phenoxy) is 2. The van der Waals surface area contributed by atoms with E-state index < -0.39 is 34.0 Å². The van der Waals surface area contributed by atoms with Gasteiger partial charge in [-0.05, 0) is 47.9 Å². The van der Waals surface area contributed by atoms with Gasteiger partial charge >= 0.3 is 0 Å². The molecule has 232 valence electrons. The third-order valence-corrected chi connectivity index (χ3v) is 7.74. The predicted molar refractivity (Wildman–Crippen MR) is 161 cm³/mol. The number of hydroxylamine groups is 1. The number of halogens is 1. The number of carbonyl (C=O) groups excluding carboxylic acids is 1. The van der Waals surface area contributed by atoms with Crippen molar-refractivity contribution in [1.82, 2.24) is 15.4 Å². The number of aliphatic hydroxyl groups excluding tert-OH is 1. The highest BCUT2D eigenvalue weighted by molar-refractivity contribution is 7.92. The molecule has 0 aliphatic rings. The molecule has 43 heavy (non-hydrogen) atoms. The van der Waals surface area contributed by atoms with Crippen molar-refractivity contribution in [2.75, 3.05) is 24.7 Å². The van der Waals surface area contributed by atoms with E-state index in [1.807, 2.05) is 26.0 Å². The number of anilines is 1. The Morgan fingerprint density at radius 2 is 1.77 bits per heavy atom. The summed E-state index contributed by atoms with van der Waals surface area (Å²) >= 11 is 0. The summed E-state index contributed by atoms with van der Waals surface area (Å²) < 4.78 is 50.3. The maximum absolute atomic E-state index is 13.7. The Morgan fingerprint density at radius 1 is 1.12 bits per heavy atom. The smallest absolute Gasteiger partial charge is 0.245 e. The molecule has 0 aliphatic carbocycles. The number of aliphatic hydroxyl groups is 1. The molecule has 1 heterocycles. The number of hydrogen-bond acceptors (Lipinski definition) is 9. The van der Waals surface area contributed by atoms with Gasteiger partial charge in [-0.3, -0.25) is 10.0 Å². The molecule has 0 saturated carbocycles. The number of methoxy groups -OCH3 is 1. The lowest BCUT2D eigenvalue weighted by molar-refractivity contribution is -0.133. The van der Waals surface area contributed by atoms with Crippen LogP contribution in [0.4, 0.5) is 10.3 Å². The van der Waals surface area contributed by atoms with Crippen LogP contribution in [0.15, 0.2) is 54.6 Å². The third kappa shape index (κ3) is 9.55. The summed E-state index contributed by atoms with van der Waals surface area (Å²) in [5.41, 5.74) is 4.29. The second-order valence-corrected chi connectivity index (χ2v) is 12.3. The molecule has 2 atom stereocenters. The van der Waals surface area contributed by atoms with Crippen molar-refractivity contribution in [1.29, 1.82) is 0 Å². The van der Waals surface area contributed by atoms with Crippen molar-refractivity contribution in [3.63, 3.8) is 0 Å². The molecule has 1 amide bonds. The molecule has 0 spiro atoms. The van der Waals surface area contributed by atoms with Crippen LogP contribution in [0.2, 0.25) is 0 Å². The van der Waals surface area contributed by atoms with Crippen molar-refractivity contribution < 1.29 is 37.4 Å². The molecule has 2 aromatic carbocycles. The lowest BCUT2D eigenvalue weighted by atomic mass is 9.97. The lowest BCUT2D eigenvalue weighted by Crippen LogP contribution is -2.28. The highest BCUT2D eigenvalue weighted by Crippen LogP contribution is 2.32. The largest absolute Gasteiger partial charge is 0.497 e. The molecule has 0 radical (unpaired) electrons. The van der Waals surface area contributed by atoms with Gasteiger partial charge in [-0.2, -0.15) is 0 Å². The quantitative estimate of drug-likeness (QED) is 0.180. The van der Waals surface area contributed by atoms with Crippen molar-refractivity contribution in [2.45, 2.75) is 51.4 Å². The molecule has 3 aromatic rings. The van der Waals surface area contributed by atoms with Gasteiger partial charge in [0.1, 0.15) is 11.6 Å². The third-order valence-electron chi connectivity index (χ3n) is 6.58. The normalized spacial score (nSPS) is 13.2. The first-order valence-electron chi connectivity index (χ1n) is 13.5. The van der Waals surface area contributed by atoms with Crippen LogP contribution < -0.4 is 14.5 Å². The summed E-state index contributed by atoms with van der Waals surface area (Å²) in [6, 6.07) is 12.8. The average Bonchev–Trinajstić information content (AvgIpc) is 2.98. The lowest BCUT2D eigenvalue weighted by Gasteiger charge is -2.21. The molecule has 0 aliphatic heterocycles. The molecular formula is C30H37FN4O7S. The van der Waals surface area contributed by atoms with Crippen molar-refractivity contribution in [3.05, 3.63) is 77.2 Å². The van der Waals surface area contributed by atoms with Crippen LogP contribution in [-0.2, 0) is 26.2 Å². The SMILES string of the molecule is COc1ccc(CO[C@@H](CC(=O)NO)C[C@H](O)/C=C/c2c(-c3ccc(F)cc3)nc(N(C)S(C)(=O)=O)nc2C(C)C)cc1. The Kier molecular flexibility index (Phi) is 11.7. The van der Waals surface area contributed by atoms with E-state index in [4.69, 9.17) is 14.7 Å². The number of sulfonamides is 1. The minimum atomic E-state index is -3.68. The zero-order valence-corrected chi connectivity index (χ0v) is 25.5. The highest BCUT2D eigenvalue weighted by atomic mass is 32.2. The number of rotatable bonds is 14. The summed E-state index contributed by atoms with van der Waals surface area (Å²) in [6.45, 7) is 3.91. The van der Waals surface area contributed by atoms with Gasteiger partial charge in [0, 0.05) is 24.6 Å². The molecule has 0 fully saturated rings. The molecule has 0 saturated heterocycles. The van der Waals surface area contributed by atoms with E-state index >= 15 is 0 Å². The maximum atomic E-state index is 13.7. The first-order valence-corrected chi connectivity index (χ1v) is 15.3. The molecule has 11 nitrogen and oxygen atoms in total. The number of nitrogens with one attached hydrogen (secondary N) is 1. The van der Waals surface area contributed by atoms with Gasteiger partial charge < -0.3 is 14.6 Å². The van der Waals surface area contributed by atoms with Crippen LogP contribution in [0.25, 0.3) is 17.3 Å². The Hall–Kier alpha value is -3.91. The van der Waals surface area contributed by atoms with E-state index in [0.717, 1.165) is 16.1 Å². The monoisotopic (exact) mass is 616 g/mol. The fourth-order valence-corrected chi connectivity index (χ4v) is 4.53. The van der Waals surface area contributed by atoms with Crippen LogP contribution in [0.5, 0.6) is 5.75 Å². The van der Waals surface area contributed by atoms with Gasteiger partial charge in [0.2, 0.25) is 21.9 Å². The topological polar surface area (TPSA) is 151 Å². The number of aromatic nitrogens is 2. The summed E-state index contributed by atoms with van der Waals surface area (Å²) in [6.07, 6.45) is 2.12. The van der Waals surface area contributed by atoms with E-state index in [2.05, 4.69) is 9.97 Å². The minimum Gasteiger partial charge on any atom is -0.497 e. The molecule has 0 unspecified atom stereocenters. The molecule has 3 N–H and O–H groups in total. The van der Waals surface area contributed by atoms with E-state index in [9.17, 15) is 22.7 Å². The van der Waals surface area contributed by atoms with E-state index in [1.54, 1.807) is 30.8 Å². The Labute approximate surface area is 251 Å². The van der Waals surface area contributed by atoms with Crippen LogP contribution in [0, 0.1) is 5.82 Å². The van der Waals surface area contributed by atoms with E-state index in [-0.39, 0.29) is 31.3 Å². The average molecular weight is 617 g/mol. The first-order chi connectivity index (χ1) is 20.3. The number of nitrogens with zero attached hydrogens (tertiary/aromatic N) is 3. The number of hydrogen-bond donors (Lipinski definition) is 3. The Bertz CT molecular complexity index is 1510. The van der Waals surface area contributed by atoms with Gasteiger partial charge in [-0.1, -0.05) is 38.1 Å². The van der Waals surface area contributed by atoms with Crippen LogP contribution in [-0.4, -0.2) is 67.2 Å². The molecule has 0 bridgehead atoms. The second-order valence-electron chi connectivity index (χ2n) is 10.2. The van der Waals surface area contributed by atoms with Crippen LogP contribution in [0.3, 0.4) is 0 Å². The summed E-state index contributed by atoms with van der Waals surface area (Å²) in [5.74, 6) is -0.669. The summed E-state index contributed by atoms with van der Waals surface area (Å²) in [7, 11) is -0.773. The Morgan fingerprint density at radius 3 is 2.33 bits per heavy atom. The van der Waals surface area contributed by atoms with E-state index in [0.29, 0.717) is 28.3 Å². The first kappa shape index (κ1) is 33.6. The number of benzene rings is 2. The van der Waals surface area contributed by atoms with Gasteiger partial charge in [0.15, 0.2) is 0 Å². The molecule has 1 aromatic heterocycles. The fraction of sp³-hybridized carbons (Fsp3) is 0.367. The van der Waals surface area contributed by atoms with Crippen molar-refractivity contribution in [3.8, 4) is 17.0 Å². The number of carbonyl (C=O) groups is 1. The van der Waals surface area contributed by atoms with Crippen molar-refractivity contribution in [2.24, 2.45) is 0 Å². The maximum Gasteiger partial charge on any atom is 0.245 e. The van der Waals surface area contributed by atoms with Gasteiger partial charge in [-0.15, -0.1) is 0 Å². The number of amides is 1. The van der Waals surface area contributed by atoms with E-state index in [1.165, 1.54) is 37.4 Å². The van der Waals surface area contributed by atoms with Gasteiger partial charge in [0.25, 0.3) is 0 Å².